The normalized spacial score (nSPS) is 9.75. The van der Waals surface area contributed by atoms with Gasteiger partial charge in [-0.3, -0.25) is 0 Å². The predicted molar refractivity (Wildman–Crippen MR) is 38.7 cm³/mol. The molecule has 0 heterocycles. The van der Waals surface area contributed by atoms with Crippen molar-refractivity contribution in [2.75, 3.05) is 0 Å². The minimum atomic E-state index is 0. The van der Waals surface area contributed by atoms with Crippen molar-refractivity contribution in [3.8, 4) is 0 Å². The standard InChI is InChI=1S/C4H9.C2H5.Al.Na.2H/c1-3-4-2;1-2;;;;/h1,3-4H2,2H3;1H2,2H3;;;;/q;;-1;+1;;. The van der Waals surface area contributed by atoms with E-state index in [-0.39, 0.29) is 44.8 Å². The van der Waals surface area contributed by atoms with Crippen molar-refractivity contribution in [3.63, 3.8) is 0 Å². The Bertz CT molecular complexity index is 27.7. The molecule has 0 saturated carbocycles. The van der Waals surface area contributed by atoms with Crippen LogP contribution in [0, 0.1) is 0 Å². The molecule has 0 radical (unpaired) electrons. The van der Waals surface area contributed by atoms with Crippen LogP contribution in [0.25, 0.3) is 0 Å². The minimum Gasteiger partial charge on any atom is -0.201 e. The van der Waals surface area contributed by atoms with Gasteiger partial charge in [0.25, 0.3) is 0 Å². The summed E-state index contributed by atoms with van der Waals surface area (Å²) in [5.74, 6) is 0. The van der Waals surface area contributed by atoms with E-state index >= 15 is 0 Å². The maximum atomic E-state index is 2.33. The molecule has 2 heteroatoms. The van der Waals surface area contributed by atoms with Crippen LogP contribution in [0.2, 0.25) is 10.6 Å². The van der Waals surface area contributed by atoms with Gasteiger partial charge in [-0.1, -0.05) is 19.8 Å². The van der Waals surface area contributed by atoms with Crippen LogP contribution in [0.3, 0.4) is 0 Å². The number of unbranched alkanes of at least 4 members (excludes halogenated alkanes) is 1. The Labute approximate surface area is 81.4 Å². The van der Waals surface area contributed by atoms with Crippen LogP contribution in [-0.4, -0.2) is 15.2 Å². The molecule has 0 aliphatic rings. The van der Waals surface area contributed by atoms with Crippen LogP contribution in [0.15, 0.2) is 0 Å². The summed E-state index contributed by atoms with van der Waals surface area (Å²) < 4.78 is 0. The zero-order chi connectivity index (χ0) is 5.54. The summed E-state index contributed by atoms with van der Waals surface area (Å²) >= 11 is 0.00522. The Morgan fingerprint density at radius 1 is 1.25 bits per heavy atom. The zero-order valence-electron chi connectivity index (χ0n) is 6.83. The summed E-state index contributed by atoms with van der Waals surface area (Å²) in [7, 11) is 0. The second kappa shape index (κ2) is 11.3. The van der Waals surface area contributed by atoms with Gasteiger partial charge in [-0.25, -0.2) is 5.28 Å². The van der Waals surface area contributed by atoms with Gasteiger partial charge >= 0.3 is 29.6 Å². The first-order chi connectivity index (χ1) is 3.41. The van der Waals surface area contributed by atoms with Crippen LogP contribution in [-0.2, 0) is 0 Å². The average molecular weight is 138 g/mol. The topological polar surface area (TPSA) is 0 Å². The quantitative estimate of drug-likeness (QED) is 0.339. The largest absolute Gasteiger partial charge is 1.00 e. The first-order valence-corrected chi connectivity index (χ1v) is 6.66. The molecule has 0 aliphatic carbocycles. The molecular formula is C6H16AlNa. The summed E-state index contributed by atoms with van der Waals surface area (Å²) in [5, 5.41) is 3.19. The molecule has 0 unspecified atom stereocenters. The molecule has 0 aromatic heterocycles. The van der Waals surface area contributed by atoms with Crippen LogP contribution in [0.1, 0.15) is 26.7 Å². The van der Waals surface area contributed by atoms with E-state index in [1.165, 1.54) is 12.8 Å². The van der Waals surface area contributed by atoms with E-state index in [9.17, 15) is 0 Å². The van der Waals surface area contributed by atoms with Gasteiger partial charge in [-0.2, -0.15) is 5.28 Å². The third-order valence-electron chi connectivity index (χ3n) is 1.56. The Balaban J connectivity index is 0. The predicted octanol–water partition coefficient (Wildman–Crippen LogP) is -1.18. The number of hydrogen-bond acceptors (Lipinski definition) is 0. The molecule has 0 aliphatic heterocycles. The van der Waals surface area contributed by atoms with Gasteiger partial charge in [0, 0.05) is 0 Å². The molecule has 0 fully saturated rings. The molecule has 8 heavy (non-hydrogen) atoms. The third kappa shape index (κ3) is 10.5. The van der Waals surface area contributed by atoms with Gasteiger partial charge in [0.1, 0.15) is 0 Å². The molecule has 0 spiro atoms. The Hall–Kier alpha value is 1.53. The second-order valence-electron chi connectivity index (χ2n) is 2.56. The van der Waals surface area contributed by atoms with Gasteiger partial charge in [0.05, 0.1) is 15.2 Å². The number of hydrogen-bond donors (Lipinski definition) is 0. The fraction of sp³-hybridized carbons (Fsp3) is 1.00. The molecule has 0 nitrogen and oxygen atoms in total. The van der Waals surface area contributed by atoms with Crippen LogP contribution >= 0.6 is 0 Å². The Morgan fingerprint density at radius 3 is 2.25 bits per heavy atom. The van der Waals surface area contributed by atoms with Crippen molar-refractivity contribution in [1.29, 1.82) is 0 Å². The van der Waals surface area contributed by atoms with Crippen molar-refractivity contribution in [2.45, 2.75) is 37.3 Å². The summed E-state index contributed by atoms with van der Waals surface area (Å²) in [6, 6.07) is 0. The van der Waals surface area contributed by atoms with Crippen molar-refractivity contribution in [2.24, 2.45) is 0 Å². The molecule has 0 N–H and O–H groups in total. The minimum absolute atomic E-state index is 0. The van der Waals surface area contributed by atoms with Crippen LogP contribution in [0.5, 0.6) is 0 Å². The SMILES string of the molecule is CCC[CH2][AlH2-][CH2]C.[Na+]. The van der Waals surface area contributed by atoms with Gasteiger partial charge in [0.15, 0.2) is 0 Å². The van der Waals surface area contributed by atoms with E-state index in [1.807, 2.05) is 0 Å². The Kier molecular flexibility index (Phi) is 17.3. The fourth-order valence-electron chi connectivity index (χ4n) is 0.957. The summed E-state index contributed by atoms with van der Waals surface area (Å²) in [5.41, 5.74) is 0. The molecule has 0 aromatic carbocycles. The summed E-state index contributed by atoms with van der Waals surface area (Å²) in [4.78, 5) is 0. The van der Waals surface area contributed by atoms with Gasteiger partial charge in [-0.05, 0) is 0 Å². The Morgan fingerprint density at radius 2 is 1.88 bits per heavy atom. The molecule has 0 amide bonds. The maximum Gasteiger partial charge on any atom is 1.00 e. The van der Waals surface area contributed by atoms with Gasteiger partial charge in [-0.15, -0.1) is 6.92 Å². The fourth-order valence-corrected chi connectivity index (χ4v) is 2.87. The molecule has 0 atom stereocenters. The van der Waals surface area contributed by atoms with Crippen LogP contribution < -0.4 is 29.6 Å². The molecule has 0 saturated heterocycles. The summed E-state index contributed by atoms with van der Waals surface area (Å²) in [6.45, 7) is 4.61. The monoisotopic (exact) mass is 138 g/mol. The van der Waals surface area contributed by atoms with Crippen molar-refractivity contribution in [1.82, 2.24) is 0 Å². The molecule has 44 valence electrons. The van der Waals surface area contributed by atoms with Gasteiger partial charge < -0.3 is 0 Å². The van der Waals surface area contributed by atoms with E-state index in [4.69, 9.17) is 0 Å². The third-order valence-corrected chi connectivity index (χ3v) is 3.97. The van der Waals surface area contributed by atoms with Gasteiger partial charge in [0.2, 0.25) is 0 Å². The molecule has 0 rings (SSSR count). The maximum absolute atomic E-state index is 2.33. The first-order valence-electron chi connectivity index (χ1n) is 3.83. The van der Waals surface area contributed by atoms with E-state index in [0.717, 1.165) is 0 Å². The van der Waals surface area contributed by atoms with E-state index in [0.29, 0.717) is 0 Å². The van der Waals surface area contributed by atoms with E-state index in [1.54, 1.807) is 10.6 Å². The zero-order valence-corrected chi connectivity index (χ0v) is 10.8. The number of rotatable bonds is 4. The average Bonchev–Trinajstić information content (AvgIpc) is 1.69. The molecular weight excluding hydrogens is 122 g/mol. The first kappa shape index (κ1) is 12.2. The van der Waals surface area contributed by atoms with Crippen molar-refractivity contribution in [3.05, 3.63) is 0 Å². The van der Waals surface area contributed by atoms with Crippen LogP contribution in [0.4, 0.5) is 0 Å². The van der Waals surface area contributed by atoms with E-state index < -0.39 is 0 Å². The molecule has 0 bridgehead atoms. The smallest absolute Gasteiger partial charge is 0.201 e. The molecule has 0 aromatic rings. The summed E-state index contributed by atoms with van der Waals surface area (Å²) in [6.07, 6.45) is 2.92. The van der Waals surface area contributed by atoms with Crippen molar-refractivity contribution >= 4 is 15.2 Å². The van der Waals surface area contributed by atoms with E-state index in [2.05, 4.69) is 13.8 Å². The second-order valence-corrected chi connectivity index (χ2v) is 5.97. The van der Waals surface area contributed by atoms with Crippen molar-refractivity contribution < 1.29 is 29.6 Å².